The molecule has 0 bridgehead atoms. The van der Waals surface area contributed by atoms with Gasteiger partial charge in [0.15, 0.2) is 0 Å². The Hall–Kier alpha value is -0.340. The number of hydrogen-bond acceptors (Lipinski definition) is 2. The molecule has 1 aliphatic heterocycles. The molecule has 0 saturated carbocycles. The summed E-state index contributed by atoms with van der Waals surface area (Å²) in [5.74, 6) is 0.718. The SMILES string of the molecule is C=CCCCCCC(NCCC)C1CCOC1C. The van der Waals surface area contributed by atoms with Crippen LogP contribution in [0.25, 0.3) is 0 Å². The molecule has 2 nitrogen and oxygen atoms in total. The van der Waals surface area contributed by atoms with Gasteiger partial charge < -0.3 is 10.1 Å². The summed E-state index contributed by atoms with van der Waals surface area (Å²) in [4.78, 5) is 0. The molecule has 0 aromatic heterocycles. The van der Waals surface area contributed by atoms with E-state index >= 15 is 0 Å². The normalized spacial score (nSPS) is 25.2. The van der Waals surface area contributed by atoms with Crippen LogP contribution in [-0.2, 0) is 4.74 Å². The minimum atomic E-state index is 0.438. The molecular weight excluding hydrogens is 222 g/mol. The average Bonchev–Trinajstić information content (AvgIpc) is 2.79. The molecule has 1 rings (SSSR count). The largest absolute Gasteiger partial charge is 0.378 e. The summed E-state index contributed by atoms with van der Waals surface area (Å²) in [5, 5.41) is 3.73. The van der Waals surface area contributed by atoms with E-state index in [0.29, 0.717) is 12.1 Å². The summed E-state index contributed by atoms with van der Waals surface area (Å²) in [6.45, 7) is 10.3. The van der Waals surface area contributed by atoms with Gasteiger partial charge in [-0.1, -0.05) is 25.8 Å². The first-order valence-electron chi connectivity index (χ1n) is 7.75. The summed E-state index contributed by atoms with van der Waals surface area (Å²) in [7, 11) is 0. The summed E-state index contributed by atoms with van der Waals surface area (Å²) in [6.07, 6.45) is 11.3. The molecule has 0 amide bonds. The second kappa shape index (κ2) is 9.57. The minimum Gasteiger partial charge on any atom is -0.378 e. The Morgan fingerprint density at radius 3 is 2.83 bits per heavy atom. The maximum Gasteiger partial charge on any atom is 0.0590 e. The van der Waals surface area contributed by atoms with Crippen molar-refractivity contribution in [2.45, 2.75) is 70.9 Å². The maximum absolute atomic E-state index is 5.72. The number of rotatable bonds is 10. The van der Waals surface area contributed by atoms with E-state index in [1.807, 2.05) is 6.08 Å². The number of allylic oxidation sites excluding steroid dienone is 1. The van der Waals surface area contributed by atoms with E-state index in [1.54, 1.807) is 0 Å². The van der Waals surface area contributed by atoms with Crippen LogP contribution < -0.4 is 5.32 Å². The van der Waals surface area contributed by atoms with Crippen LogP contribution in [0, 0.1) is 5.92 Å². The number of hydrogen-bond donors (Lipinski definition) is 1. The lowest BCUT2D eigenvalue weighted by Gasteiger charge is -2.27. The van der Waals surface area contributed by atoms with Gasteiger partial charge in [0.2, 0.25) is 0 Å². The van der Waals surface area contributed by atoms with E-state index < -0.39 is 0 Å². The summed E-state index contributed by atoms with van der Waals surface area (Å²) >= 11 is 0. The fraction of sp³-hybridized carbons (Fsp3) is 0.875. The molecule has 0 spiro atoms. The highest BCUT2D eigenvalue weighted by molar-refractivity contribution is 4.84. The van der Waals surface area contributed by atoms with Crippen molar-refractivity contribution in [2.24, 2.45) is 5.92 Å². The summed E-state index contributed by atoms with van der Waals surface area (Å²) in [5.41, 5.74) is 0. The van der Waals surface area contributed by atoms with Crippen molar-refractivity contribution in [1.29, 1.82) is 0 Å². The highest BCUT2D eigenvalue weighted by atomic mass is 16.5. The molecule has 1 fully saturated rings. The van der Waals surface area contributed by atoms with Gasteiger partial charge in [-0.2, -0.15) is 0 Å². The Bertz CT molecular complexity index is 217. The van der Waals surface area contributed by atoms with Crippen molar-refractivity contribution in [3.63, 3.8) is 0 Å². The number of unbranched alkanes of at least 4 members (excludes halogenated alkanes) is 3. The molecule has 0 aromatic rings. The molecule has 1 heterocycles. The van der Waals surface area contributed by atoms with Crippen LogP contribution in [0.4, 0.5) is 0 Å². The molecular formula is C16H31NO. The van der Waals surface area contributed by atoms with Crippen molar-refractivity contribution in [3.8, 4) is 0 Å². The zero-order valence-corrected chi connectivity index (χ0v) is 12.3. The lowest BCUT2D eigenvalue weighted by atomic mass is 9.89. The molecule has 3 unspecified atom stereocenters. The van der Waals surface area contributed by atoms with Crippen molar-refractivity contribution in [3.05, 3.63) is 12.7 Å². The molecule has 0 aromatic carbocycles. The van der Waals surface area contributed by atoms with Crippen molar-refractivity contribution in [1.82, 2.24) is 5.32 Å². The Balaban J connectivity index is 2.28. The number of nitrogens with one attached hydrogen (secondary N) is 1. The van der Waals surface area contributed by atoms with Crippen LogP contribution in [-0.4, -0.2) is 25.3 Å². The van der Waals surface area contributed by atoms with Crippen LogP contribution in [0.1, 0.15) is 58.8 Å². The van der Waals surface area contributed by atoms with Gasteiger partial charge in [0.05, 0.1) is 6.10 Å². The molecule has 1 N–H and O–H groups in total. The lowest BCUT2D eigenvalue weighted by Crippen LogP contribution is -2.39. The van der Waals surface area contributed by atoms with Gasteiger partial charge in [-0.15, -0.1) is 6.58 Å². The molecule has 3 atom stereocenters. The minimum absolute atomic E-state index is 0.438. The maximum atomic E-state index is 5.72. The van der Waals surface area contributed by atoms with E-state index in [-0.39, 0.29) is 0 Å². The quantitative estimate of drug-likeness (QED) is 0.471. The standard InChI is InChI=1S/C16H31NO/c1-4-6-7-8-9-10-16(17-12-5-2)15-11-13-18-14(15)3/h4,14-17H,1,5-13H2,2-3H3. The van der Waals surface area contributed by atoms with E-state index in [0.717, 1.165) is 25.5 Å². The second-order valence-corrected chi connectivity index (χ2v) is 5.52. The average molecular weight is 253 g/mol. The van der Waals surface area contributed by atoms with Gasteiger partial charge >= 0.3 is 0 Å². The topological polar surface area (TPSA) is 21.3 Å². The van der Waals surface area contributed by atoms with Crippen LogP contribution >= 0.6 is 0 Å². The van der Waals surface area contributed by atoms with Crippen LogP contribution in [0.2, 0.25) is 0 Å². The van der Waals surface area contributed by atoms with Crippen molar-refractivity contribution in [2.75, 3.05) is 13.2 Å². The molecule has 2 heteroatoms. The third kappa shape index (κ3) is 5.53. The van der Waals surface area contributed by atoms with Crippen LogP contribution in [0.5, 0.6) is 0 Å². The Kier molecular flexibility index (Phi) is 8.36. The van der Waals surface area contributed by atoms with Gasteiger partial charge in [0.1, 0.15) is 0 Å². The van der Waals surface area contributed by atoms with Crippen molar-refractivity contribution >= 4 is 0 Å². The smallest absolute Gasteiger partial charge is 0.0590 e. The highest BCUT2D eigenvalue weighted by Crippen LogP contribution is 2.26. The monoisotopic (exact) mass is 253 g/mol. The van der Waals surface area contributed by atoms with Crippen molar-refractivity contribution < 1.29 is 4.74 Å². The zero-order chi connectivity index (χ0) is 13.2. The first kappa shape index (κ1) is 15.7. The van der Waals surface area contributed by atoms with E-state index in [9.17, 15) is 0 Å². The first-order chi connectivity index (χ1) is 8.79. The predicted molar refractivity (Wildman–Crippen MR) is 78.9 cm³/mol. The summed E-state index contributed by atoms with van der Waals surface area (Å²) < 4.78 is 5.72. The fourth-order valence-electron chi connectivity index (χ4n) is 2.90. The van der Waals surface area contributed by atoms with E-state index in [2.05, 4.69) is 25.7 Å². The van der Waals surface area contributed by atoms with Gasteiger partial charge in [0, 0.05) is 18.6 Å². The van der Waals surface area contributed by atoms with Gasteiger partial charge in [-0.05, 0) is 45.6 Å². The summed E-state index contributed by atoms with van der Waals surface area (Å²) in [6, 6.07) is 0.659. The van der Waals surface area contributed by atoms with Gasteiger partial charge in [-0.3, -0.25) is 0 Å². The van der Waals surface area contributed by atoms with E-state index in [4.69, 9.17) is 4.74 Å². The van der Waals surface area contributed by atoms with Gasteiger partial charge in [-0.25, -0.2) is 0 Å². The Morgan fingerprint density at radius 2 is 2.22 bits per heavy atom. The number of ether oxygens (including phenoxy) is 1. The second-order valence-electron chi connectivity index (χ2n) is 5.52. The van der Waals surface area contributed by atoms with Crippen LogP contribution in [0.15, 0.2) is 12.7 Å². The molecule has 0 radical (unpaired) electrons. The zero-order valence-electron chi connectivity index (χ0n) is 12.3. The van der Waals surface area contributed by atoms with Crippen LogP contribution in [0.3, 0.4) is 0 Å². The first-order valence-corrected chi connectivity index (χ1v) is 7.75. The van der Waals surface area contributed by atoms with E-state index in [1.165, 1.54) is 38.5 Å². The molecule has 1 aliphatic rings. The molecule has 18 heavy (non-hydrogen) atoms. The highest BCUT2D eigenvalue weighted by Gasteiger charge is 2.30. The van der Waals surface area contributed by atoms with Gasteiger partial charge in [0.25, 0.3) is 0 Å². The third-order valence-electron chi connectivity index (χ3n) is 4.03. The Morgan fingerprint density at radius 1 is 1.39 bits per heavy atom. The molecule has 1 saturated heterocycles. The molecule has 0 aliphatic carbocycles. The lowest BCUT2D eigenvalue weighted by molar-refractivity contribution is 0.0939. The predicted octanol–water partition coefficient (Wildman–Crippen LogP) is 3.92. The molecule has 106 valence electrons. The fourth-order valence-corrected chi connectivity index (χ4v) is 2.90. The third-order valence-corrected chi connectivity index (χ3v) is 4.03. The Labute approximate surface area is 113 Å².